The van der Waals surface area contributed by atoms with Gasteiger partial charge in [-0.1, -0.05) is 13.3 Å². The SMILES string of the molecule is CCCC(C)OC(=O)NCCO. The van der Waals surface area contributed by atoms with Gasteiger partial charge in [0.25, 0.3) is 0 Å². The van der Waals surface area contributed by atoms with Gasteiger partial charge >= 0.3 is 6.09 Å². The summed E-state index contributed by atoms with van der Waals surface area (Å²) in [6.45, 7) is 4.07. The van der Waals surface area contributed by atoms with Crippen molar-refractivity contribution in [1.82, 2.24) is 5.32 Å². The minimum Gasteiger partial charge on any atom is -0.447 e. The topological polar surface area (TPSA) is 58.6 Å². The fraction of sp³-hybridized carbons (Fsp3) is 0.875. The van der Waals surface area contributed by atoms with E-state index in [0.717, 1.165) is 12.8 Å². The molecule has 0 saturated carbocycles. The first-order valence-corrected chi connectivity index (χ1v) is 4.26. The third-order valence-corrected chi connectivity index (χ3v) is 1.38. The fourth-order valence-corrected chi connectivity index (χ4v) is 0.848. The van der Waals surface area contributed by atoms with Crippen LogP contribution in [0.5, 0.6) is 0 Å². The van der Waals surface area contributed by atoms with Crippen LogP contribution in [0.3, 0.4) is 0 Å². The van der Waals surface area contributed by atoms with E-state index in [4.69, 9.17) is 9.84 Å². The molecule has 0 aliphatic carbocycles. The maximum Gasteiger partial charge on any atom is 0.407 e. The van der Waals surface area contributed by atoms with Gasteiger partial charge < -0.3 is 15.2 Å². The molecule has 0 spiro atoms. The smallest absolute Gasteiger partial charge is 0.407 e. The number of carbonyl (C=O) groups is 1. The van der Waals surface area contributed by atoms with Crippen molar-refractivity contribution in [2.24, 2.45) is 0 Å². The number of hydrogen-bond donors (Lipinski definition) is 2. The first kappa shape index (κ1) is 11.2. The van der Waals surface area contributed by atoms with Gasteiger partial charge in [-0.15, -0.1) is 0 Å². The summed E-state index contributed by atoms with van der Waals surface area (Å²) in [7, 11) is 0. The minimum absolute atomic E-state index is 0.0475. The van der Waals surface area contributed by atoms with Crippen LogP contribution >= 0.6 is 0 Å². The van der Waals surface area contributed by atoms with Gasteiger partial charge in [-0.25, -0.2) is 4.79 Å². The van der Waals surface area contributed by atoms with E-state index in [1.165, 1.54) is 0 Å². The van der Waals surface area contributed by atoms with Crippen molar-refractivity contribution in [1.29, 1.82) is 0 Å². The van der Waals surface area contributed by atoms with E-state index < -0.39 is 6.09 Å². The first-order chi connectivity index (χ1) is 5.70. The standard InChI is InChI=1S/C8H17NO3/c1-3-4-7(2)12-8(11)9-5-6-10/h7,10H,3-6H2,1-2H3,(H,9,11). The largest absolute Gasteiger partial charge is 0.447 e. The highest BCUT2D eigenvalue weighted by Gasteiger charge is 2.06. The molecule has 4 nitrogen and oxygen atoms in total. The molecule has 12 heavy (non-hydrogen) atoms. The molecule has 0 fully saturated rings. The van der Waals surface area contributed by atoms with E-state index in [1.807, 2.05) is 13.8 Å². The normalized spacial score (nSPS) is 12.2. The molecule has 1 unspecified atom stereocenters. The zero-order valence-corrected chi connectivity index (χ0v) is 7.67. The van der Waals surface area contributed by atoms with Gasteiger partial charge in [0.15, 0.2) is 0 Å². The van der Waals surface area contributed by atoms with Crippen LogP contribution in [0.2, 0.25) is 0 Å². The second-order valence-electron chi connectivity index (χ2n) is 2.65. The van der Waals surface area contributed by atoms with Crippen molar-refractivity contribution < 1.29 is 14.6 Å². The van der Waals surface area contributed by atoms with Crippen LogP contribution in [0.1, 0.15) is 26.7 Å². The summed E-state index contributed by atoms with van der Waals surface area (Å²) in [4.78, 5) is 10.8. The van der Waals surface area contributed by atoms with Crippen molar-refractivity contribution >= 4 is 6.09 Å². The van der Waals surface area contributed by atoms with Crippen molar-refractivity contribution in [3.05, 3.63) is 0 Å². The van der Waals surface area contributed by atoms with Crippen LogP contribution in [0.25, 0.3) is 0 Å². The molecule has 0 aromatic heterocycles. The van der Waals surface area contributed by atoms with Crippen LogP contribution < -0.4 is 5.32 Å². The van der Waals surface area contributed by atoms with Crippen molar-refractivity contribution in [3.8, 4) is 0 Å². The van der Waals surface area contributed by atoms with Gasteiger partial charge in [0.05, 0.1) is 6.61 Å². The fourth-order valence-electron chi connectivity index (χ4n) is 0.848. The Kier molecular flexibility index (Phi) is 6.47. The summed E-state index contributed by atoms with van der Waals surface area (Å²) >= 11 is 0. The number of alkyl carbamates (subject to hydrolysis) is 1. The van der Waals surface area contributed by atoms with Gasteiger partial charge in [-0.2, -0.15) is 0 Å². The quantitative estimate of drug-likeness (QED) is 0.652. The summed E-state index contributed by atoms with van der Waals surface area (Å²) in [5.74, 6) is 0. The maximum absolute atomic E-state index is 10.8. The van der Waals surface area contributed by atoms with Crippen LogP contribution in [0.4, 0.5) is 4.79 Å². The lowest BCUT2D eigenvalue weighted by atomic mass is 10.2. The van der Waals surface area contributed by atoms with Crippen molar-refractivity contribution in [3.63, 3.8) is 0 Å². The molecule has 0 saturated heterocycles. The first-order valence-electron chi connectivity index (χ1n) is 4.26. The molecule has 2 N–H and O–H groups in total. The Morgan fingerprint density at radius 3 is 2.83 bits per heavy atom. The Bertz CT molecular complexity index is 127. The van der Waals surface area contributed by atoms with E-state index in [2.05, 4.69) is 5.32 Å². The van der Waals surface area contributed by atoms with E-state index in [1.54, 1.807) is 0 Å². The molecule has 4 heteroatoms. The maximum atomic E-state index is 10.8. The Morgan fingerprint density at radius 1 is 1.67 bits per heavy atom. The van der Waals surface area contributed by atoms with E-state index >= 15 is 0 Å². The number of carbonyl (C=O) groups excluding carboxylic acids is 1. The summed E-state index contributed by atoms with van der Waals surface area (Å²) in [5.41, 5.74) is 0. The molecule has 0 aliphatic heterocycles. The van der Waals surface area contributed by atoms with Crippen LogP contribution in [0, 0.1) is 0 Å². The molecule has 1 atom stereocenters. The Morgan fingerprint density at radius 2 is 2.33 bits per heavy atom. The van der Waals surface area contributed by atoms with Gasteiger partial charge in [0.2, 0.25) is 0 Å². The predicted molar refractivity (Wildman–Crippen MR) is 45.9 cm³/mol. The van der Waals surface area contributed by atoms with Gasteiger partial charge in [-0.3, -0.25) is 0 Å². The highest BCUT2D eigenvalue weighted by Crippen LogP contribution is 2.00. The molecular formula is C8H17NO3. The average Bonchev–Trinajstić information content (AvgIpc) is 2.01. The lowest BCUT2D eigenvalue weighted by Crippen LogP contribution is -2.29. The Balaban J connectivity index is 3.40. The van der Waals surface area contributed by atoms with Crippen LogP contribution in [-0.4, -0.2) is 30.5 Å². The third-order valence-electron chi connectivity index (χ3n) is 1.38. The summed E-state index contributed by atoms with van der Waals surface area (Å²) in [6.07, 6.45) is 1.36. The monoisotopic (exact) mass is 175 g/mol. The number of rotatable bonds is 5. The second-order valence-corrected chi connectivity index (χ2v) is 2.65. The predicted octanol–water partition coefficient (Wildman–Crippen LogP) is 0.893. The van der Waals surface area contributed by atoms with Gasteiger partial charge in [0, 0.05) is 6.54 Å². The second kappa shape index (κ2) is 6.91. The Labute approximate surface area is 72.9 Å². The van der Waals surface area contributed by atoms with Gasteiger partial charge in [-0.05, 0) is 13.3 Å². The van der Waals surface area contributed by atoms with E-state index in [-0.39, 0.29) is 19.3 Å². The van der Waals surface area contributed by atoms with Crippen molar-refractivity contribution in [2.45, 2.75) is 32.8 Å². The van der Waals surface area contributed by atoms with Crippen molar-refractivity contribution in [2.75, 3.05) is 13.2 Å². The number of hydrogen-bond acceptors (Lipinski definition) is 3. The minimum atomic E-state index is -0.454. The Hall–Kier alpha value is -0.770. The molecule has 0 heterocycles. The summed E-state index contributed by atoms with van der Waals surface area (Å²) < 4.78 is 4.93. The number of aliphatic hydroxyl groups is 1. The number of amides is 1. The number of aliphatic hydroxyl groups excluding tert-OH is 1. The summed E-state index contributed by atoms with van der Waals surface area (Å²) in [5, 5.41) is 10.8. The van der Waals surface area contributed by atoms with E-state index in [9.17, 15) is 4.79 Å². The molecule has 1 amide bonds. The zero-order valence-electron chi connectivity index (χ0n) is 7.67. The highest BCUT2D eigenvalue weighted by atomic mass is 16.6. The zero-order chi connectivity index (χ0) is 9.40. The summed E-state index contributed by atoms with van der Waals surface area (Å²) in [6, 6.07) is 0. The number of ether oxygens (including phenoxy) is 1. The number of nitrogens with one attached hydrogen (secondary N) is 1. The highest BCUT2D eigenvalue weighted by molar-refractivity contribution is 5.67. The molecule has 0 aromatic carbocycles. The molecule has 72 valence electrons. The van der Waals surface area contributed by atoms with Crippen LogP contribution in [-0.2, 0) is 4.74 Å². The lowest BCUT2D eigenvalue weighted by Gasteiger charge is -2.11. The third kappa shape index (κ3) is 5.97. The molecule has 0 aliphatic rings. The van der Waals surface area contributed by atoms with Gasteiger partial charge in [0.1, 0.15) is 6.10 Å². The molecule has 0 rings (SSSR count). The average molecular weight is 175 g/mol. The lowest BCUT2D eigenvalue weighted by molar-refractivity contribution is 0.100. The molecule has 0 aromatic rings. The van der Waals surface area contributed by atoms with E-state index in [0.29, 0.717) is 0 Å². The molecule has 0 radical (unpaired) electrons. The molecule has 0 bridgehead atoms. The van der Waals surface area contributed by atoms with Crippen LogP contribution in [0.15, 0.2) is 0 Å². The molecular weight excluding hydrogens is 158 g/mol.